The fourth-order valence-electron chi connectivity index (χ4n) is 3.30. The predicted octanol–water partition coefficient (Wildman–Crippen LogP) is 4.03. The molecule has 0 unspecified atom stereocenters. The van der Waals surface area contributed by atoms with Crippen LogP contribution in [0.2, 0.25) is 5.02 Å². The topological polar surface area (TPSA) is 58.4 Å². The first-order chi connectivity index (χ1) is 14.4. The summed E-state index contributed by atoms with van der Waals surface area (Å²) in [6.45, 7) is 1.54. The van der Waals surface area contributed by atoms with Gasteiger partial charge in [-0.15, -0.1) is 0 Å². The number of carbonyl (C=O) groups is 2. The molecule has 0 radical (unpaired) electrons. The van der Waals surface area contributed by atoms with E-state index in [9.17, 15) is 14.0 Å². The molecular weight excluding hydrogens is 475 g/mol. The summed E-state index contributed by atoms with van der Waals surface area (Å²) in [5.41, 5.74) is 1.59. The summed E-state index contributed by atoms with van der Waals surface area (Å²) in [6, 6.07) is 11.3. The summed E-state index contributed by atoms with van der Waals surface area (Å²) >= 11 is 9.39. The number of benzene rings is 2. The normalized spacial score (nSPS) is 14.1. The van der Waals surface area contributed by atoms with Crippen molar-refractivity contribution in [3.05, 3.63) is 81.3 Å². The van der Waals surface area contributed by atoms with Crippen molar-refractivity contribution in [3.63, 3.8) is 0 Å². The number of carbonyl (C=O) groups excluding carboxylic acids is 2. The summed E-state index contributed by atoms with van der Waals surface area (Å²) in [6.07, 6.45) is 3.24. The lowest BCUT2D eigenvalue weighted by Gasteiger charge is -2.34. The van der Waals surface area contributed by atoms with E-state index in [1.807, 2.05) is 24.3 Å². The summed E-state index contributed by atoms with van der Waals surface area (Å²) in [5.74, 6) is -0.893. The van der Waals surface area contributed by atoms with E-state index in [-0.39, 0.29) is 22.4 Å². The summed E-state index contributed by atoms with van der Waals surface area (Å²) in [5, 5.41) is 4.36. The maximum Gasteiger partial charge on any atom is 0.257 e. The summed E-state index contributed by atoms with van der Waals surface area (Å²) in [4.78, 5) is 28.8. The number of nitrogens with zero attached hydrogens (tertiary/aromatic N) is 4. The lowest BCUT2D eigenvalue weighted by atomic mass is 10.1. The lowest BCUT2D eigenvalue weighted by molar-refractivity contribution is 0.0535. The van der Waals surface area contributed by atoms with Crippen LogP contribution in [0.25, 0.3) is 5.69 Å². The number of piperazine rings is 1. The molecule has 1 aliphatic rings. The minimum Gasteiger partial charge on any atom is -0.335 e. The minimum absolute atomic E-state index is 0.0823. The van der Waals surface area contributed by atoms with Crippen molar-refractivity contribution in [1.29, 1.82) is 0 Å². The van der Waals surface area contributed by atoms with Crippen LogP contribution in [0.5, 0.6) is 0 Å². The molecule has 2 amide bonds. The molecule has 0 N–H and O–H groups in total. The van der Waals surface area contributed by atoms with Crippen molar-refractivity contribution in [2.24, 2.45) is 0 Å². The van der Waals surface area contributed by atoms with E-state index >= 15 is 0 Å². The molecule has 1 fully saturated rings. The fourth-order valence-corrected chi connectivity index (χ4v) is 3.81. The molecule has 2 aromatic carbocycles. The third-order valence-electron chi connectivity index (χ3n) is 4.94. The van der Waals surface area contributed by atoms with E-state index < -0.39 is 5.82 Å². The van der Waals surface area contributed by atoms with Gasteiger partial charge in [-0.1, -0.05) is 27.5 Å². The molecule has 0 aliphatic carbocycles. The Labute approximate surface area is 186 Å². The number of amides is 2. The van der Waals surface area contributed by atoms with Gasteiger partial charge in [0, 0.05) is 36.8 Å². The van der Waals surface area contributed by atoms with Gasteiger partial charge in [-0.25, -0.2) is 9.07 Å². The van der Waals surface area contributed by atoms with Crippen molar-refractivity contribution in [2.45, 2.75) is 0 Å². The average molecular weight is 492 g/mol. The predicted molar refractivity (Wildman–Crippen MR) is 114 cm³/mol. The largest absolute Gasteiger partial charge is 0.335 e. The Morgan fingerprint density at radius 3 is 2.23 bits per heavy atom. The SMILES string of the molecule is O=C(c1cnn(-c2ccc(Br)cc2)c1)N1CCN(C(=O)c2ccc(F)cc2Cl)CC1. The van der Waals surface area contributed by atoms with Gasteiger partial charge in [0.15, 0.2) is 0 Å². The van der Waals surface area contributed by atoms with E-state index in [1.54, 1.807) is 26.9 Å². The summed E-state index contributed by atoms with van der Waals surface area (Å²) in [7, 11) is 0. The maximum atomic E-state index is 13.2. The molecule has 1 aromatic heterocycles. The molecule has 9 heteroatoms. The quantitative estimate of drug-likeness (QED) is 0.556. The van der Waals surface area contributed by atoms with Crippen LogP contribution in [0, 0.1) is 5.82 Å². The maximum absolute atomic E-state index is 13.2. The smallest absolute Gasteiger partial charge is 0.257 e. The van der Waals surface area contributed by atoms with Gasteiger partial charge in [0.2, 0.25) is 0 Å². The molecule has 154 valence electrons. The van der Waals surface area contributed by atoms with Crippen molar-refractivity contribution < 1.29 is 14.0 Å². The van der Waals surface area contributed by atoms with E-state index in [0.29, 0.717) is 31.7 Å². The Bertz CT molecular complexity index is 1090. The second kappa shape index (κ2) is 8.57. The van der Waals surface area contributed by atoms with Gasteiger partial charge in [-0.05, 0) is 42.5 Å². The van der Waals surface area contributed by atoms with Crippen molar-refractivity contribution in [3.8, 4) is 5.69 Å². The number of rotatable bonds is 3. The van der Waals surface area contributed by atoms with Gasteiger partial charge in [-0.2, -0.15) is 5.10 Å². The van der Waals surface area contributed by atoms with Crippen LogP contribution < -0.4 is 0 Å². The van der Waals surface area contributed by atoms with Gasteiger partial charge >= 0.3 is 0 Å². The first-order valence-electron chi connectivity index (χ1n) is 9.26. The Morgan fingerprint density at radius 1 is 0.967 bits per heavy atom. The molecule has 1 aliphatic heterocycles. The monoisotopic (exact) mass is 490 g/mol. The number of aromatic nitrogens is 2. The molecule has 0 spiro atoms. The lowest BCUT2D eigenvalue weighted by Crippen LogP contribution is -2.50. The van der Waals surface area contributed by atoms with Gasteiger partial charge in [-0.3, -0.25) is 9.59 Å². The van der Waals surface area contributed by atoms with Crippen LogP contribution in [-0.4, -0.2) is 57.6 Å². The third-order valence-corrected chi connectivity index (χ3v) is 5.78. The standard InChI is InChI=1S/C21H17BrClFN4O2/c22-15-1-4-17(5-2-15)28-13-14(12-25-28)20(29)26-7-9-27(10-8-26)21(30)18-6-3-16(24)11-19(18)23/h1-6,11-13H,7-10H2. The van der Waals surface area contributed by atoms with Crippen molar-refractivity contribution in [1.82, 2.24) is 19.6 Å². The second-order valence-corrected chi connectivity index (χ2v) is 8.18. The zero-order chi connectivity index (χ0) is 21.3. The Hall–Kier alpha value is -2.71. The molecular formula is C21H17BrClFN4O2. The third kappa shape index (κ3) is 4.24. The molecule has 4 rings (SSSR count). The van der Waals surface area contributed by atoms with Crippen LogP contribution in [0.1, 0.15) is 20.7 Å². The molecule has 30 heavy (non-hydrogen) atoms. The fraction of sp³-hybridized carbons (Fsp3) is 0.190. The molecule has 2 heterocycles. The Kier molecular flexibility index (Phi) is 5.87. The van der Waals surface area contributed by atoms with E-state index in [2.05, 4.69) is 21.0 Å². The zero-order valence-electron chi connectivity index (χ0n) is 15.8. The highest BCUT2D eigenvalue weighted by Crippen LogP contribution is 2.20. The first-order valence-corrected chi connectivity index (χ1v) is 10.4. The van der Waals surface area contributed by atoms with Crippen molar-refractivity contribution in [2.75, 3.05) is 26.2 Å². The Balaban J connectivity index is 1.40. The molecule has 3 aromatic rings. The van der Waals surface area contributed by atoms with E-state index in [0.717, 1.165) is 16.2 Å². The van der Waals surface area contributed by atoms with E-state index in [4.69, 9.17) is 11.6 Å². The summed E-state index contributed by atoms with van der Waals surface area (Å²) < 4.78 is 15.8. The average Bonchev–Trinajstić information content (AvgIpc) is 3.24. The highest BCUT2D eigenvalue weighted by molar-refractivity contribution is 9.10. The number of halogens is 3. The molecule has 0 atom stereocenters. The van der Waals surface area contributed by atoms with Crippen molar-refractivity contribution >= 4 is 39.3 Å². The van der Waals surface area contributed by atoms with Gasteiger partial charge < -0.3 is 9.80 Å². The van der Waals surface area contributed by atoms with Crippen LogP contribution in [-0.2, 0) is 0 Å². The Morgan fingerprint density at radius 2 is 1.60 bits per heavy atom. The molecule has 0 saturated carbocycles. The second-order valence-electron chi connectivity index (χ2n) is 6.86. The van der Waals surface area contributed by atoms with Crippen LogP contribution in [0.3, 0.4) is 0 Å². The zero-order valence-corrected chi connectivity index (χ0v) is 18.1. The highest BCUT2D eigenvalue weighted by Gasteiger charge is 2.27. The van der Waals surface area contributed by atoms with Crippen LogP contribution >= 0.6 is 27.5 Å². The van der Waals surface area contributed by atoms with Gasteiger partial charge in [0.05, 0.1) is 28.0 Å². The van der Waals surface area contributed by atoms with Crippen LogP contribution in [0.4, 0.5) is 4.39 Å². The van der Waals surface area contributed by atoms with Gasteiger partial charge in [0.25, 0.3) is 11.8 Å². The molecule has 6 nitrogen and oxygen atoms in total. The number of hydrogen-bond acceptors (Lipinski definition) is 3. The minimum atomic E-state index is -0.490. The van der Waals surface area contributed by atoms with E-state index in [1.165, 1.54) is 12.1 Å². The molecule has 0 bridgehead atoms. The number of hydrogen-bond donors (Lipinski definition) is 0. The van der Waals surface area contributed by atoms with Gasteiger partial charge in [0.1, 0.15) is 5.82 Å². The van der Waals surface area contributed by atoms with Crippen LogP contribution in [0.15, 0.2) is 59.3 Å². The highest BCUT2D eigenvalue weighted by atomic mass is 79.9. The molecule has 1 saturated heterocycles. The first kappa shape index (κ1) is 20.6.